The van der Waals surface area contributed by atoms with Gasteiger partial charge in [-0.2, -0.15) is 0 Å². The second-order valence-electron chi connectivity index (χ2n) is 5.53. The van der Waals surface area contributed by atoms with E-state index in [9.17, 15) is 4.79 Å². The average Bonchev–Trinajstić information content (AvgIpc) is 3.22. The molecule has 0 radical (unpaired) electrons. The maximum absolute atomic E-state index is 12.2. The fourth-order valence-corrected chi connectivity index (χ4v) is 3.96. The predicted octanol–water partition coefficient (Wildman–Crippen LogP) is 6.20. The summed E-state index contributed by atoms with van der Waals surface area (Å²) in [5.41, 5.74) is 0.330. The quantitative estimate of drug-likeness (QED) is 0.229. The second kappa shape index (κ2) is 8.69. The topological polar surface area (TPSA) is 54.7 Å². The number of hydrogen-bond donors (Lipinski definition) is 1. The van der Waals surface area contributed by atoms with Crippen LogP contribution in [0.2, 0.25) is 25.1 Å². The van der Waals surface area contributed by atoms with E-state index in [1.807, 2.05) is 6.92 Å². The molecule has 1 N–H and O–H groups in total. The first kappa shape index (κ1) is 21.6. The minimum absolute atomic E-state index is 0.00221. The molecule has 1 fully saturated rings. The zero-order valence-electron chi connectivity index (χ0n) is 14.1. The summed E-state index contributed by atoms with van der Waals surface area (Å²) in [7, 11) is 0. The molecule has 11 heteroatoms. The lowest BCUT2D eigenvalue weighted by molar-refractivity contribution is -0.122. The highest BCUT2D eigenvalue weighted by Crippen LogP contribution is 2.48. The van der Waals surface area contributed by atoms with Crippen LogP contribution in [-0.2, 0) is 11.4 Å². The van der Waals surface area contributed by atoms with Gasteiger partial charge in [-0.15, -0.1) is 0 Å². The SMILES string of the molecule is CCN1C(=O)/C(=C\c2ccc(COc3c(Cl)c(Cl)c(Cl)c(Cl)c3Cl)o2)NC1=S. The molecule has 0 spiro atoms. The Labute approximate surface area is 191 Å². The summed E-state index contributed by atoms with van der Waals surface area (Å²) < 4.78 is 11.3. The van der Waals surface area contributed by atoms with Gasteiger partial charge in [-0.1, -0.05) is 58.0 Å². The molecular formula is C17H11Cl5N2O3S. The number of nitrogens with zero attached hydrogens (tertiary/aromatic N) is 1. The van der Waals surface area contributed by atoms with Crippen LogP contribution in [0.4, 0.5) is 0 Å². The van der Waals surface area contributed by atoms with Crippen molar-refractivity contribution in [3.63, 3.8) is 0 Å². The molecule has 148 valence electrons. The summed E-state index contributed by atoms with van der Waals surface area (Å²) in [6.45, 7) is 2.31. The number of rotatable bonds is 5. The largest absolute Gasteiger partial charge is 0.482 e. The van der Waals surface area contributed by atoms with Crippen molar-refractivity contribution in [3.8, 4) is 5.75 Å². The Morgan fingerprint density at radius 3 is 2.29 bits per heavy atom. The Kier molecular flexibility index (Phi) is 6.69. The molecule has 0 aliphatic carbocycles. The van der Waals surface area contributed by atoms with Gasteiger partial charge in [0.05, 0.1) is 15.1 Å². The van der Waals surface area contributed by atoms with Crippen molar-refractivity contribution < 1.29 is 13.9 Å². The number of thiocarbonyl (C=S) groups is 1. The maximum Gasteiger partial charge on any atom is 0.276 e. The van der Waals surface area contributed by atoms with Gasteiger partial charge in [-0.05, 0) is 31.3 Å². The Bertz CT molecular complexity index is 976. The second-order valence-corrected chi connectivity index (χ2v) is 7.81. The molecule has 2 aromatic rings. The van der Waals surface area contributed by atoms with Crippen molar-refractivity contribution in [1.82, 2.24) is 10.2 Å². The minimum atomic E-state index is -0.217. The van der Waals surface area contributed by atoms with Gasteiger partial charge in [0.2, 0.25) is 0 Å². The lowest BCUT2D eigenvalue weighted by Crippen LogP contribution is -2.30. The minimum Gasteiger partial charge on any atom is -0.482 e. The highest BCUT2D eigenvalue weighted by Gasteiger charge is 2.29. The van der Waals surface area contributed by atoms with Gasteiger partial charge in [-0.3, -0.25) is 9.69 Å². The summed E-state index contributed by atoms with van der Waals surface area (Å²) >= 11 is 35.4. The first-order valence-electron chi connectivity index (χ1n) is 7.82. The summed E-state index contributed by atoms with van der Waals surface area (Å²) in [6.07, 6.45) is 1.56. The average molecular weight is 501 g/mol. The highest BCUT2D eigenvalue weighted by molar-refractivity contribution is 7.80. The highest BCUT2D eigenvalue weighted by atomic mass is 35.5. The maximum atomic E-state index is 12.2. The third kappa shape index (κ3) is 4.08. The smallest absolute Gasteiger partial charge is 0.276 e. The van der Waals surface area contributed by atoms with Crippen LogP contribution in [-0.4, -0.2) is 22.5 Å². The number of hydrogen-bond acceptors (Lipinski definition) is 4. The Balaban J connectivity index is 1.76. The van der Waals surface area contributed by atoms with Crippen molar-refractivity contribution in [2.45, 2.75) is 13.5 Å². The molecular weight excluding hydrogens is 490 g/mol. The van der Waals surface area contributed by atoms with Crippen LogP contribution in [0.15, 0.2) is 22.2 Å². The van der Waals surface area contributed by atoms with Gasteiger partial charge in [0.15, 0.2) is 10.9 Å². The number of nitrogens with one attached hydrogen (secondary N) is 1. The van der Waals surface area contributed by atoms with Gasteiger partial charge < -0.3 is 14.5 Å². The molecule has 0 saturated carbocycles. The molecule has 0 bridgehead atoms. The van der Waals surface area contributed by atoms with Crippen LogP contribution in [0.5, 0.6) is 5.75 Å². The van der Waals surface area contributed by atoms with Crippen LogP contribution in [0.3, 0.4) is 0 Å². The van der Waals surface area contributed by atoms with Gasteiger partial charge in [-0.25, -0.2) is 0 Å². The number of carbonyl (C=O) groups is 1. The molecule has 28 heavy (non-hydrogen) atoms. The van der Waals surface area contributed by atoms with E-state index in [-0.39, 0.29) is 43.4 Å². The van der Waals surface area contributed by atoms with Crippen molar-refractivity contribution in [3.05, 3.63) is 54.5 Å². The van der Waals surface area contributed by atoms with Gasteiger partial charge in [0.1, 0.15) is 33.9 Å². The van der Waals surface area contributed by atoms with Crippen molar-refractivity contribution in [2.24, 2.45) is 0 Å². The normalized spacial score (nSPS) is 15.5. The zero-order chi connectivity index (χ0) is 20.6. The number of amides is 1. The van der Waals surface area contributed by atoms with Crippen LogP contribution in [0, 0.1) is 0 Å². The van der Waals surface area contributed by atoms with E-state index in [1.54, 1.807) is 18.2 Å². The van der Waals surface area contributed by atoms with Crippen molar-refractivity contribution >= 4 is 87.3 Å². The molecule has 1 aliphatic heterocycles. The van der Waals surface area contributed by atoms with E-state index in [2.05, 4.69) is 5.32 Å². The lowest BCUT2D eigenvalue weighted by atomic mass is 10.3. The van der Waals surface area contributed by atoms with E-state index in [0.29, 0.717) is 28.9 Å². The fourth-order valence-electron chi connectivity index (χ4n) is 2.41. The van der Waals surface area contributed by atoms with Gasteiger partial charge in [0, 0.05) is 12.6 Å². The number of halogens is 5. The zero-order valence-corrected chi connectivity index (χ0v) is 18.7. The van der Waals surface area contributed by atoms with E-state index in [0.717, 1.165) is 0 Å². The standard InChI is InChI=1S/C17H11Cl5N2O3S/c1-2-24-16(25)9(23-17(24)28)5-7-3-4-8(27-7)6-26-15-13(21)11(19)10(18)12(20)14(15)22/h3-5H,2,6H2,1H3,(H,23,28)/b9-5+. The molecule has 1 aromatic carbocycles. The molecule has 2 heterocycles. The van der Waals surface area contributed by atoms with Crippen LogP contribution in [0.25, 0.3) is 6.08 Å². The number of likely N-dealkylation sites (N-methyl/N-ethyl adjacent to an activating group) is 1. The molecule has 0 unspecified atom stereocenters. The first-order chi connectivity index (χ1) is 13.2. The van der Waals surface area contributed by atoms with Crippen LogP contribution >= 0.6 is 70.2 Å². The number of furan rings is 1. The van der Waals surface area contributed by atoms with E-state index < -0.39 is 0 Å². The molecule has 5 nitrogen and oxygen atoms in total. The Morgan fingerprint density at radius 2 is 1.71 bits per heavy atom. The molecule has 3 rings (SSSR count). The summed E-state index contributed by atoms with van der Waals surface area (Å²) in [6, 6.07) is 3.37. The Hall–Kier alpha value is -1.15. The lowest BCUT2D eigenvalue weighted by Gasteiger charge is -2.12. The van der Waals surface area contributed by atoms with Crippen molar-refractivity contribution in [2.75, 3.05) is 6.54 Å². The van der Waals surface area contributed by atoms with E-state index in [1.165, 1.54) is 4.90 Å². The van der Waals surface area contributed by atoms with Gasteiger partial charge >= 0.3 is 0 Å². The summed E-state index contributed by atoms with van der Waals surface area (Å²) in [5, 5.41) is 3.43. The predicted molar refractivity (Wildman–Crippen MR) is 116 cm³/mol. The summed E-state index contributed by atoms with van der Waals surface area (Å²) in [4.78, 5) is 13.7. The van der Waals surface area contributed by atoms with Crippen molar-refractivity contribution in [1.29, 1.82) is 0 Å². The third-order valence-electron chi connectivity index (χ3n) is 3.78. The number of carbonyl (C=O) groups excluding carboxylic acids is 1. The van der Waals surface area contributed by atoms with Crippen LogP contribution < -0.4 is 10.1 Å². The third-order valence-corrected chi connectivity index (χ3v) is 6.34. The van der Waals surface area contributed by atoms with E-state index in [4.69, 9.17) is 79.4 Å². The fraction of sp³-hybridized carbons (Fsp3) is 0.176. The van der Waals surface area contributed by atoms with E-state index >= 15 is 0 Å². The number of ether oxygens (including phenoxy) is 1. The molecule has 1 amide bonds. The molecule has 0 atom stereocenters. The molecule has 1 aromatic heterocycles. The monoisotopic (exact) mass is 498 g/mol. The molecule has 1 aliphatic rings. The van der Waals surface area contributed by atoms with Crippen LogP contribution in [0.1, 0.15) is 18.4 Å². The first-order valence-corrected chi connectivity index (χ1v) is 10.1. The summed E-state index contributed by atoms with van der Waals surface area (Å²) in [5.74, 6) is 0.780. The number of benzene rings is 1. The Morgan fingerprint density at radius 1 is 1.11 bits per heavy atom. The molecule has 1 saturated heterocycles. The van der Waals surface area contributed by atoms with Gasteiger partial charge in [0.25, 0.3) is 5.91 Å².